The van der Waals surface area contributed by atoms with E-state index in [-0.39, 0.29) is 6.61 Å². The van der Waals surface area contributed by atoms with Crippen molar-refractivity contribution in [3.63, 3.8) is 0 Å². The molecule has 1 N–H and O–H groups in total. The summed E-state index contributed by atoms with van der Waals surface area (Å²) in [7, 11) is 0. The lowest BCUT2D eigenvalue weighted by Gasteiger charge is -2.10. The molecule has 0 aliphatic carbocycles. The summed E-state index contributed by atoms with van der Waals surface area (Å²) in [6.07, 6.45) is 0. The Morgan fingerprint density at radius 3 is 2.65 bits per heavy atom. The molecule has 3 rings (SSSR count). The average molecular weight is 288 g/mol. The Labute approximate surface area is 121 Å². The van der Waals surface area contributed by atoms with Crippen LogP contribution in [0.1, 0.15) is 17.0 Å². The van der Waals surface area contributed by atoms with Crippen molar-refractivity contribution in [1.29, 1.82) is 0 Å². The first-order chi connectivity index (χ1) is 9.61. The lowest BCUT2D eigenvalue weighted by molar-refractivity contribution is 0.281. The molecule has 0 unspecified atom stereocenters. The fraction of sp³-hybridized carbons (Fsp3) is 0.200. The Kier molecular flexibility index (Phi) is 3.20. The summed E-state index contributed by atoms with van der Waals surface area (Å²) in [6.45, 7) is 3.65. The minimum absolute atomic E-state index is 0.0941. The van der Waals surface area contributed by atoms with Crippen molar-refractivity contribution in [3.8, 4) is 5.82 Å². The maximum absolute atomic E-state index is 9.59. The number of fused-ring (bicyclic) bond motifs is 1. The average Bonchev–Trinajstić information content (AvgIpc) is 2.73. The van der Waals surface area contributed by atoms with E-state index in [1.165, 1.54) is 0 Å². The van der Waals surface area contributed by atoms with Crippen molar-refractivity contribution in [3.05, 3.63) is 52.3 Å². The zero-order valence-electron chi connectivity index (χ0n) is 11.3. The molecule has 0 radical (unpaired) electrons. The van der Waals surface area contributed by atoms with Gasteiger partial charge in [0.15, 0.2) is 5.82 Å². The number of benzene rings is 1. The van der Waals surface area contributed by atoms with Gasteiger partial charge in [0.25, 0.3) is 0 Å². The molecular weight excluding hydrogens is 274 g/mol. The molecule has 5 heteroatoms. The van der Waals surface area contributed by atoms with Crippen molar-refractivity contribution >= 4 is 22.5 Å². The Hall–Kier alpha value is -1.91. The van der Waals surface area contributed by atoms with Gasteiger partial charge in [0.1, 0.15) is 0 Å². The van der Waals surface area contributed by atoms with Gasteiger partial charge in [-0.25, -0.2) is 9.67 Å². The van der Waals surface area contributed by atoms with Crippen LogP contribution in [0, 0.1) is 13.8 Å². The molecule has 4 nitrogen and oxygen atoms in total. The van der Waals surface area contributed by atoms with Crippen LogP contribution in [0.2, 0.25) is 5.02 Å². The van der Waals surface area contributed by atoms with E-state index in [9.17, 15) is 5.11 Å². The van der Waals surface area contributed by atoms with Gasteiger partial charge in [-0.15, -0.1) is 0 Å². The number of halogens is 1. The van der Waals surface area contributed by atoms with Gasteiger partial charge in [-0.05, 0) is 26.0 Å². The Balaban J connectivity index is 2.31. The van der Waals surface area contributed by atoms with Gasteiger partial charge >= 0.3 is 0 Å². The molecule has 0 saturated heterocycles. The summed E-state index contributed by atoms with van der Waals surface area (Å²) in [5.41, 5.74) is 3.17. The summed E-state index contributed by atoms with van der Waals surface area (Å²) < 4.78 is 1.69. The van der Waals surface area contributed by atoms with Gasteiger partial charge < -0.3 is 5.11 Å². The highest BCUT2D eigenvalue weighted by Crippen LogP contribution is 2.25. The van der Waals surface area contributed by atoms with Crippen LogP contribution in [0.25, 0.3) is 16.7 Å². The molecule has 0 fully saturated rings. The van der Waals surface area contributed by atoms with E-state index < -0.39 is 0 Å². The van der Waals surface area contributed by atoms with Gasteiger partial charge in [-0.1, -0.05) is 29.8 Å². The molecule has 0 bridgehead atoms. The van der Waals surface area contributed by atoms with E-state index >= 15 is 0 Å². The van der Waals surface area contributed by atoms with Crippen LogP contribution in [0.4, 0.5) is 0 Å². The van der Waals surface area contributed by atoms with Crippen LogP contribution in [0.15, 0.2) is 30.3 Å². The second-order valence-corrected chi connectivity index (χ2v) is 5.10. The molecule has 0 aliphatic rings. The van der Waals surface area contributed by atoms with Gasteiger partial charge in [-0.2, -0.15) is 5.10 Å². The Bertz CT molecular complexity index is 795. The van der Waals surface area contributed by atoms with Gasteiger partial charge in [0.05, 0.1) is 28.5 Å². The maximum Gasteiger partial charge on any atom is 0.159 e. The monoisotopic (exact) mass is 287 g/mol. The lowest BCUT2D eigenvalue weighted by atomic mass is 10.1. The van der Waals surface area contributed by atoms with E-state index in [0.29, 0.717) is 10.8 Å². The summed E-state index contributed by atoms with van der Waals surface area (Å²) in [4.78, 5) is 4.61. The molecule has 0 amide bonds. The second kappa shape index (κ2) is 4.89. The number of aliphatic hydroxyl groups excluding tert-OH is 1. The van der Waals surface area contributed by atoms with E-state index in [1.807, 2.05) is 44.2 Å². The predicted molar refractivity (Wildman–Crippen MR) is 79.3 cm³/mol. The first-order valence-corrected chi connectivity index (χ1v) is 6.71. The minimum atomic E-state index is -0.0941. The fourth-order valence-electron chi connectivity index (χ4n) is 2.28. The van der Waals surface area contributed by atoms with Crippen molar-refractivity contribution in [2.24, 2.45) is 0 Å². The van der Waals surface area contributed by atoms with Gasteiger partial charge in [0.2, 0.25) is 0 Å². The third-order valence-corrected chi connectivity index (χ3v) is 3.90. The molecule has 1 aromatic carbocycles. The van der Waals surface area contributed by atoms with Gasteiger partial charge in [0, 0.05) is 10.9 Å². The zero-order chi connectivity index (χ0) is 14.3. The first-order valence-electron chi connectivity index (χ1n) is 6.33. The normalized spacial score (nSPS) is 11.2. The number of aliphatic hydroxyl groups is 1. The highest BCUT2D eigenvalue weighted by molar-refractivity contribution is 6.31. The van der Waals surface area contributed by atoms with Crippen molar-refractivity contribution in [2.75, 3.05) is 0 Å². The molecular formula is C15H14ClN3O. The largest absolute Gasteiger partial charge is 0.392 e. The number of nitrogens with zero attached hydrogens (tertiary/aromatic N) is 3. The van der Waals surface area contributed by atoms with Crippen LogP contribution in [-0.2, 0) is 6.61 Å². The maximum atomic E-state index is 9.59. The van der Waals surface area contributed by atoms with Crippen molar-refractivity contribution < 1.29 is 5.11 Å². The van der Waals surface area contributed by atoms with E-state index in [1.54, 1.807) is 4.68 Å². The summed E-state index contributed by atoms with van der Waals surface area (Å²) >= 11 is 6.19. The topological polar surface area (TPSA) is 50.9 Å². The third-order valence-electron chi connectivity index (χ3n) is 3.35. The highest BCUT2D eigenvalue weighted by atomic mass is 35.5. The number of hydrogen-bond donors (Lipinski definition) is 1. The summed E-state index contributed by atoms with van der Waals surface area (Å²) in [5, 5.41) is 15.6. The van der Waals surface area contributed by atoms with Crippen LogP contribution >= 0.6 is 11.6 Å². The van der Waals surface area contributed by atoms with Gasteiger partial charge in [-0.3, -0.25) is 0 Å². The molecule has 102 valence electrons. The van der Waals surface area contributed by atoms with Crippen LogP contribution < -0.4 is 0 Å². The van der Waals surface area contributed by atoms with Crippen molar-refractivity contribution in [1.82, 2.24) is 14.8 Å². The summed E-state index contributed by atoms with van der Waals surface area (Å²) in [6, 6.07) is 9.73. The zero-order valence-corrected chi connectivity index (χ0v) is 12.0. The fourth-order valence-corrected chi connectivity index (χ4v) is 2.40. The van der Waals surface area contributed by atoms with E-state index in [2.05, 4.69) is 10.1 Å². The second-order valence-electron chi connectivity index (χ2n) is 4.72. The Morgan fingerprint density at radius 1 is 1.25 bits per heavy atom. The third kappa shape index (κ3) is 1.97. The van der Waals surface area contributed by atoms with Crippen molar-refractivity contribution in [2.45, 2.75) is 20.5 Å². The number of aromatic nitrogens is 3. The molecule has 0 aliphatic heterocycles. The SMILES string of the molecule is Cc1nn(-c2nc3ccccc3cc2CO)c(C)c1Cl. The number of pyridine rings is 1. The van der Waals surface area contributed by atoms with E-state index in [0.717, 1.165) is 27.9 Å². The minimum Gasteiger partial charge on any atom is -0.392 e. The lowest BCUT2D eigenvalue weighted by Crippen LogP contribution is -2.06. The molecule has 2 aromatic heterocycles. The molecule has 0 atom stereocenters. The Morgan fingerprint density at radius 2 is 2.00 bits per heavy atom. The number of aryl methyl sites for hydroxylation is 1. The molecule has 20 heavy (non-hydrogen) atoms. The number of para-hydroxylation sites is 1. The highest BCUT2D eigenvalue weighted by Gasteiger charge is 2.15. The van der Waals surface area contributed by atoms with E-state index in [4.69, 9.17) is 11.6 Å². The van der Waals surface area contributed by atoms with Crippen LogP contribution in [0.3, 0.4) is 0 Å². The van der Waals surface area contributed by atoms with Crippen LogP contribution in [0.5, 0.6) is 0 Å². The number of hydrogen-bond acceptors (Lipinski definition) is 3. The summed E-state index contributed by atoms with van der Waals surface area (Å²) in [5.74, 6) is 0.624. The molecule has 2 heterocycles. The first kappa shape index (κ1) is 13.1. The molecule has 0 saturated carbocycles. The quantitative estimate of drug-likeness (QED) is 0.787. The predicted octanol–water partition coefficient (Wildman–Crippen LogP) is 3.18. The molecule has 0 spiro atoms. The number of rotatable bonds is 2. The van der Waals surface area contributed by atoms with Crippen LogP contribution in [-0.4, -0.2) is 19.9 Å². The smallest absolute Gasteiger partial charge is 0.159 e. The molecule has 3 aromatic rings. The standard InChI is InChI=1S/C15H14ClN3O/c1-9-14(16)10(2)19(18-9)15-12(8-20)7-11-5-3-4-6-13(11)17-15/h3-7,20H,8H2,1-2H3.